The number of hydrogen-bond donors (Lipinski definition) is 1. The third-order valence-electron chi connectivity index (χ3n) is 2.95. The van der Waals surface area contributed by atoms with Gasteiger partial charge in [0.1, 0.15) is 17.2 Å². The van der Waals surface area contributed by atoms with Crippen molar-refractivity contribution in [2.75, 3.05) is 0 Å². The zero-order chi connectivity index (χ0) is 14.1. The first-order chi connectivity index (χ1) is 9.63. The zero-order valence-electron chi connectivity index (χ0n) is 10.4. The number of hydrogen-bond acceptors (Lipinski definition) is 4. The molecular formula is C14H10FN3O2. The third kappa shape index (κ3) is 2.27. The predicted octanol–water partition coefficient (Wildman–Crippen LogP) is 2.33. The van der Waals surface area contributed by atoms with Crippen molar-refractivity contribution < 1.29 is 14.3 Å². The smallest absolute Gasteiger partial charge is 0.303 e. The van der Waals surface area contributed by atoms with Crippen molar-refractivity contribution in [3.05, 3.63) is 42.1 Å². The molecule has 1 N–H and O–H groups in total. The number of benzene rings is 1. The fourth-order valence-corrected chi connectivity index (χ4v) is 1.99. The van der Waals surface area contributed by atoms with Crippen LogP contribution in [0.3, 0.4) is 0 Å². The monoisotopic (exact) mass is 271 g/mol. The van der Waals surface area contributed by atoms with Crippen molar-refractivity contribution in [1.82, 2.24) is 15.0 Å². The highest BCUT2D eigenvalue weighted by molar-refractivity contribution is 5.90. The highest BCUT2D eigenvalue weighted by Gasteiger charge is 2.08. The lowest BCUT2D eigenvalue weighted by Crippen LogP contribution is -2.02. The topological polar surface area (TPSA) is 76.0 Å². The van der Waals surface area contributed by atoms with E-state index in [-0.39, 0.29) is 18.4 Å². The van der Waals surface area contributed by atoms with Crippen molar-refractivity contribution in [3.8, 4) is 0 Å². The Labute approximate surface area is 113 Å². The van der Waals surface area contributed by atoms with Crippen molar-refractivity contribution in [1.29, 1.82) is 0 Å². The fourth-order valence-electron chi connectivity index (χ4n) is 1.99. The number of rotatable bonds is 3. The van der Waals surface area contributed by atoms with E-state index in [4.69, 9.17) is 5.11 Å². The minimum absolute atomic E-state index is 0.0482. The molecule has 2 heterocycles. The number of aryl methyl sites for hydroxylation is 1. The molecule has 0 spiro atoms. The second-order valence-electron chi connectivity index (χ2n) is 4.39. The molecule has 0 aliphatic carbocycles. The van der Waals surface area contributed by atoms with Crippen LogP contribution in [-0.2, 0) is 11.2 Å². The number of carbonyl (C=O) groups is 1. The molecule has 0 atom stereocenters. The Bertz CT molecular complexity index is 820. The number of nitrogens with zero attached hydrogens (tertiary/aromatic N) is 3. The maximum atomic E-state index is 13.7. The number of aromatic nitrogens is 3. The number of fused-ring (bicyclic) bond motifs is 2. The lowest BCUT2D eigenvalue weighted by atomic mass is 10.2. The first-order valence-corrected chi connectivity index (χ1v) is 6.06. The average molecular weight is 271 g/mol. The van der Waals surface area contributed by atoms with Crippen LogP contribution in [0.15, 0.2) is 30.5 Å². The molecule has 5 nitrogen and oxygen atoms in total. The van der Waals surface area contributed by atoms with E-state index in [0.29, 0.717) is 22.2 Å². The number of pyridine rings is 1. The summed E-state index contributed by atoms with van der Waals surface area (Å²) >= 11 is 0. The lowest BCUT2D eigenvalue weighted by molar-refractivity contribution is -0.137. The molecule has 3 aromatic rings. The first kappa shape index (κ1) is 12.4. The molecule has 1 aromatic carbocycles. The number of halogens is 1. The second-order valence-corrected chi connectivity index (χ2v) is 4.39. The second kappa shape index (κ2) is 4.80. The molecule has 0 saturated heterocycles. The summed E-state index contributed by atoms with van der Waals surface area (Å²) in [5.41, 5.74) is 0.626. The van der Waals surface area contributed by atoms with Gasteiger partial charge in [-0.2, -0.15) is 0 Å². The summed E-state index contributed by atoms with van der Waals surface area (Å²) in [5.74, 6) is -0.926. The van der Waals surface area contributed by atoms with Crippen LogP contribution in [0.4, 0.5) is 4.39 Å². The van der Waals surface area contributed by atoms with Gasteiger partial charge >= 0.3 is 5.97 Å². The van der Waals surface area contributed by atoms with Gasteiger partial charge in [0.25, 0.3) is 0 Å². The van der Waals surface area contributed by atoms with Crippen LogP contribution in [-0.4, -0.2) is 26.0 Å². The maximum Gasteiger partial charge on any atom is 0.303 e. The summed E-state index contributed by atoms with van der Waals surface area (Å²) in [6.45, 7) is 0. The normalized spacial score (nSPS) is 11.1. The van der Waals surface area contributed by atoms with Crippen LogP contribution in [0, 0.1) is 5.82 Å². The van der Waals surface area contributed by atoms with Gasteiger partial charge in [-0.05, 0) is 12.1 Å². The average Bonchev–Trinajstić information content (AvgIpc) is 2.43. The molecule has 2 aromatic heterocycles. The van der Waals surface area contributed by atoms with Gasteiger partial charge in [-0.15, -0.1) is 0 Å². The van der Waals surface area contributed by atoms with E-state index in [1.807, 2.05) is 0 Å². The van der Waals surface area contributed by atoms with Gasteiger partial charge in [0.15, 0.2) is 5.65 Å². The van der Waals surface area contributed by atoms with Gasteiger partial charge in [-0.25, -0.2) is 19.3 Å². The summed E-state index contributed by atoms with van der Waals surface area (Å²) in [4.78, 5) is 23.0. The van der Waals surface area contributed by atoms with E-state index in [0.717, 1.165) is 0 Å². The summed E-state index contributed by atoms with van der Waals surface area (Å²) in [6.07, 6.45) is 1.76. The van der Waals surface area contributed by atoms with Crippen LogP contribution in [0.2, 0.25) is 0 Å². The third-order valence-corrected chi connectivity index (χ3v) is 2.95. The van der Waals surface area contributed by atoms with Gasteiger partial charge in [0.05, 0.1) is 6.42 Å². The summed E-state index contributed by atoms with van der Waals surface area (Å²) in [7, 11) is 0. The Morgan fingerprint density at radius 3 is 2.90 bits per heavy atom. The molecule has 0 saturated carbocycles. The SMILES string of the molecule is O=C(O)CCc1ncc2cc3cccc(F)c3nc2n1. The van der Waals surface area contributed by atoms with E-state index < -0.39 is 11.8 Å². The molecule has 0 radical (unpaired) electrons. The molecule has 6 heteroatoms. The molecule has 0 fully saturated rings. The number of carboxylic acid groups (broad SMARTS) is 1. The number of para-hydroxylation sites is 1. The Balaban J connectivity index is 2.11. The van der Waals surface area contributed by atoms with Crippen LogP contribution < -0.4 is 0 Å². The van der Waals surface area contributed by atoms with E-state index in [1.54, 1.807) is 24.4 Å². The minimum atomic E-state index is -0.911. The molecule has 0 aliphatic rings. The van der Waals surface area contributed by atoms with E-state index >= 15 is 0 Å². The van der Waals surface area contributed by atoms with E-state index in [1.165, 1.54) is 6.07 Å². The quantitative estimate of drug-likeness (QED) is 0.740. The molecule has 0 bridgehead atoms. The Hall–Kier alpha value is -2.63. The van der Waals surface area contributed by atoms with Crippen LogP contribution in [0.1, 0.15) is 12.2 Å². The van der Waals surface area contributed by atoms with Gasteiger partial charge in [0, 0.05) is 23.4 Å². The number of carboxylic acids is 1. The van der Waals surface area contributed by atoms with Crippen molar-refractivity contribution in [2.45, 2.75) is 12.8 Å². The van der Waals surface area contributed by atoms with Crippen molar-refractivity contribution in [3.63, 3.8) is 0 Å². The van der Waals surface area contributed by atoms with E-state index in [2.05, 4.69) is 15.0 Å². The zero-order valence-corrected chi connectivity index (χ0v) is 10.4. The maximum absolute atomic E-state index is 13.7. The van der Waals surface area contributed by atoms with Gasteiger partial charge in [-0.3, -0.25) is 4.79 Å². The molecule has 20 heavy (non-hydrogen) atoms. The summed E-state index contributed by atoms with van der Waals surface area (Å²) in [6, 6.07) is 6.49. The molecule has 0 amide bonds. The Morgan fingerprint density at radius 1 is 1.25 bits per heavy atom. The largest absolute Gasteiger partial charge is 0.481 e. The van der Waals surface area contributed by atoms with E-state index in [9.17, 15) is 9.18 Å². The predicted molar refractivity (Wildman–Crippen MR) is 70.8 cm³/mol. The van der Waals surface area contributed by atoms with Gasteiger partial charge < -0.3 is 5.11 Å². The number of aliphatic carboxylic acids is 1. The highest BCUT2D eigenvalue weighted by Crippen LogP contribution is 2.20. The summed E-state index contributed by atoms with van der Waals surface area (Å²) in [5, 5.41) is 10.0. The molecule has 0 aliphatic heterocycles. The molecule has 100 valence electrons. The summed E-state index contributed by atoms with van der Waals surface area (Å²) < 4.78 is 13.7. The van der Waals surface area contributed by atoms with Crippen molar-refractivity contribution >= 4 is 27.9 Å². The molecule has 0 unspecified atom stereocenters. The van der Waals surface area contributed by atoms with Crippen LogP contribution in [0.5, 0.6) is 0 Å². The Kier molecular flexibility index (Phi) is 2.98. The standard InChI is InChI=1S/C14H10FN3O2/c15-10-3-1-2-8-6-9-7-16-11(4-5-12(19)20)17-14(9)18-13(8)10/h1-3,6-7H,4-5H2,(H,19,20). The highest BCUT2D eigenvalue weighted by atomic mass is 19.1. The van der Waals surface area contributed by atoms with Gasteiger partial charge in [-0.1, -0.05) is 12.1 Å². The molecule has 3 rings (SSSR count). The van der Waals surface area contributed by atoms with Gasteiger partial charge in [0.2, 0.25) is 0 Å². The fraction of sp³-hybridized carbons (Fsp3) is 0.143. The van der Waals surface area contributed by atoms with Crippen molar-refractivity contribution in [2.24, 2.45) is 0 Å². The van der Waals surface area contributed by atoms with Crippen LogP contribution >= 0.6 is 0 Å². The minimum Gasteiger partial charge on any atom is -0.481 e. The Morgan fingerprint density at radius 2 is 2.10 bits per heavy atom. The molecular weight excluding hydrogens is 261 g/mol. The first-order valence-electron chi connectivity index (χ1n) is 6.06. The lowest BCUT2D eigenvalue weighted by Gasteiger charge is -2.03. The van der Waals surface area contributed by atoms with Crippen LogP contribution in [0.25, 0.3) is 21.9 Å².